The van der Waals surface area contributed by atoms with E-state index >= 15 is 0 Å². The zero-order chi connectivity index (χ0) is 11.9. The van der Waals surface area contributed by atoms with Gasteiger partial charge in [0, 0.05) is 12.6 Å². The van der Waals surface area contributed by atoms with Crippen LogP contribution in [-0.2, 0) is 6.54 Å². The molecule has 1 saturated carbocycles. The maximum Gasteiger partial charge on any atom is 0.191 e. The van der Waals surface area contributed by atoms with Gasteiger partial charge in [0.15, 0.2) is 5.96 Å². The number of guanidine groups is 1. The highest BCUT2D eigenvalue weighted by molar-refractivity contribution is 14.0. The molecule has 1 aromatic heterocycles. The van der Waals surface area contributed by atoms with Crippen molar-refractivity contribution in [3.05, 3.63) is 24.2 Å². The van der Waals surface area contributed by atoms with E-state index in [4.69, 9.17) is 4.42 Å². The number of nitrogens with zero attached hydrogens (tertiary/aromatic N) is 1. The van der Waals surface area contributed by atoms with Crippen LogP contribution in [-0.4, -0.2) is 18.5 Å². The van der Waals surface area contributed by atoms with Gasteiger partial charge in [-0.3, -0.25) is 0 Å². The average Bonchev–Trinajstić information content (AvgIpc) is 2.99. The summed E-state index contributed by atoms with van der Waals surface area (Å²) < 4.78 is 5.27. The van der Waals surface area contributed by atoms with Crippen LogP contribution in [0.25, 0.3) is 0 Å². The predicted molar refractivity (Wildman–Crippen MR) is 84.3 cm³/mol. The molecule has 0 atom stereocenters. The van der Waals surface area contributed by atoms with Crippen LogP contribution >= 0.6 is 24.0 Å². The fraction of sp³-hybridized carbons (Fsp3) is 0.615. The first-order chi connectivity index (χ1) is 8.38. The van der Waals surface area contributed by atoms with E-state index in [1.807, 2.05) is 12.1 Å². The maximum atomic E-state index is 5.27. The van der Waals surface area contributed by atoms with Crippen LogP contribution in [0.5, 0.6) is 0 Å². The second-order valence-electron chi connectivity index (χ2n) is 4.40. The van der Waals surface area contributed by atoms with Crippen LogP contribution < -0.4 is 10.6 Å². The summed E-state index contributed by atoms with van der Waals surface area (Å²) in [5.74, 6) is 1.80. The van der Waals surface area contributed by atoms with E-state index in [0.717, 1.165) is 18.3 Å². The van der Waals surface area contributed by atoms with Crippen molar-refractivity contribution >= 4 is 29.9 Å². The molecule has 1 aliphatic carbocycles. The third-order valence-electron chi connectivity index (χ3n) is 3.01. The molecule has 2 rings (SSSR count). The van der Waals surface area contributed by atoms with E-state index in [1.54, 1.807) is 6.26 Å². The second kappa shape index (κ2) is 8.39. The number of nitrogens with one attached hydrogen (secondary N) is 2. The number of halogens is 1. The van der Waals surface area contributed by atoms with Gasteiger partial charge in [-0.1, -0.05) is 12.8 Å². The molecule has 18 heavy (non-hydrogen) atoms. The Labute approximate surface area is 126 Å². The highest BCUT2D eigenvalue weighted by Gasteiger charge is 2.15. The van der Waals surface area contributed by atoms with Gasteiger partial charge < -0.3 is 15.1 Å². The van der Waals surface area contributed by atoms with Crippen LogP contribution in [0.4, 0.5) is 0 Å². The van der Waals surface area contributed by atoms with Gasteiger partial charge in [-0.05, 0) is 31.9 Å². The summed E-state index contributed by atoms with van der Waals surface area (Å²) in [5.41, 5.74) is 0. The van der Waals surface area contributed by atoms with Crippen LogP contribution in [0.15, 0.2) is 27.8 Å². The minimum atomic E-state index is 0. The van der Waals surface area contributed by atoms with E-state index in [0.29, 0.717) is 12.6 Å². The smallest absolute Gasteiger partial charge is 0.191 e. The number of hydrogen-bond acceptors (Lipinski definition) is 2. The van der Waals surface area contributed by atoms with Crippen LogP contribution in [0.2, 0.25) is 0 Å². The van der Waals surface area contributed by atoms with E-state index < -0.39 is 0 Å². The Morgan fingerprint density at radius 1 is 1.44 bits per heavy atom. The van der Waals surface area contributed by atoms with Gasteiger partial charge in [0.25, 0.3) is 0 Å². The van der Waals surface area contributed by atoms with Crippen LogP contribution in [0.3, 0.4) is 0 Å². The Morgan fingerprint density at radius 2 is 2.22 bits per heavy atom. The fourth-order valence-corrected chi connectivity index (χ4v) is 2.14. The number of furan rings is 1. The highest BCUT2D eigenvalue weighted by Crippen LogP contribution is 2.17. The van der Waals surface area contributed by atoms with Gasteiger partial charge in [0.2, 0.25) is 0 Å². The molecule has 0 aliphatic heterocycles. The predicted octanol–water partition coefficient (Wildman–Crippen LogP) is 2.90. The van der Waals surface area contributed by atoms with Crippen molar-refractivity contribution < 1.29 is 4.42 Å². The average molecular weight is 363 g/mol. The number of rotatable bonds is 4. The standard InChI is InChI=1S/C13H21N3O.HI/c1-2-14-13(16-11-6-3-4-7-11)15-10-12-8-5-9-17-12;/h5,8-9,11H,2-4,6-7,10H2,1H3,(H2,14,15,16);1H. The zero-order valence-corrected chi connectivity index (χ0v) is 13.1. The molecule has 1 fully saturated rings. The van der Waals surface area contributed by atoms with E-state index in [1.165, 1.54) is 25.7 Å². The summed E-state index contributed by atoms with van der Waals surface area (Å²) in [5, 5.41) is 6.75. The third kappa shape index (κ3) is 4.88. The SMILES string of the molecule is CCNC(=NCc1ccco1)NC1CCCC1.I. The Kier molecular flexibility index (Phi) is 7.15. The van der Waals surface area contributed by atoms with Crippen molar-refractivity contribution in [3.63, 3.8) is 0 Å². The maximum absolute atomic E-state index is 5.27. The van der Waals surface area contributed by atoms with E-state index in [9.17, 15) is 0 Å². The topological polar surface area (TPSA) is 49.6 Å². The Bertz CT molecular complexity index is 345. The van der Waals surface area contributed by atoms with Crippen LogP contribution in [0, 0.1) is 0 Å². The summed E-state index contributed by atoms with van der Waals surface area (Å²) in [7, 11) is 0. The minimum Gasteiger partial charge on any atom is -0.467 e. The van der Waals surface area contributed by atoms with Crippen molar-refractivity contribution in [3.8, 4) is 0 Å². The second-order valence-corrected chi connectivity index (χ2v) is 4.40. The molecule has 0 bridgehead atoms. The fourth-order valence-electron chi connectivity index (χ4n) is 2.14. The molecular formula is C13H22IN3O. The summed E-state index contributed by atoms with van der Waals surface area (Å²) in [6, 6.07) is 4.43. The van der Waals surface area contributed by atoms with Crippen molar-refractivity contribution in [1.29, 1.82) is 0 Å². The summed E-state index contributed by atoms with van der Waals surface area (Å²) >= 11 is 0. The van der Waals surface area contributed by atoms with Crippen molar-refractivity contribution in [2.24, 2.45) is 4.99 Å². The van der Waals surface area contributed by atoms with Gasteiger partial charge >= 0.3 is 0 Å². The quantitative estimate of drug-likeness (QED) is 0.491. The van der Waals surface area contributed by atoms with Crippen molar-refractivity contribution in [2.45, 2.75) is 45.2 Å². The monoisotopic (exact) mass is 363 g/mol. The summed E-state index contributed by atoms with van der Waals surface area (Å²) in [6.07, 6.45) is 6.85. The lowest BCUT2D eigenvalue weighted by Crippen LogP contribution is -2.42. The zero-order valence-electron chi connectivity index (χ0n) is 10.8. The molecule has 0 aromatic carbocycles. The molecule has 0 spiro atoms. The normalized spacial score (nSPS) is 16.4. The molecule has 0 saturated heterocycles. The van der Waals surface area contributed by atoms with Gasteiger partial charge in [-0.15, -0.1) is 24.0 Å². The van der Waals surface area contributed by atoms with Crippen LogP contribution in [0.1, 0.15) is 38.4 Å². The first kappa shape index (κ1) is 15.3. The Morgan fingerprint density at radius 3 is 2.83 bits per heavy atom. The lowest BCUT2D eigenvalue weighted by molar-refractivity contribution is 0.511. The lowest BCUT2D eigenvalue weighted by Gasteiger charge is -2.16. The molecular weight excluding hydrogens is 341 g/mol. The molecule has 1 aliphatic rings. The third-order valence-corrected chi connectivity index (χ3v) is 3.01. The first-order valence-electron chi connectivity index (χ1n) is 6.45. The number of aliphatic imine (C=N–C) groups is 1. The first-order valence-corrected chi connectivity index (χ1v) is 6.45. The molecule has 4 nitrogen and oxygen atoms in total. The largest absolute Gasteiger partial charge is 0.467 e. The van der Waals surface area contributed by atoms with Crippen molar-refractivity contribution in [1.82, 2.24) is 10.6 Å². The molecule has 102 valence electrons. The van der Waals surface area contributed by atoms with Gasteiger partial charge in [-0.2, -0.15) is 0 Å². The number of hydrogen-bond donors (Lipinski definition) is 2. The molecule has 0 unspecified atom stereocenters. The molecule has 0 amide bonds. The van der Waals surface area contributed by atoms with Gasteiger partial charge in [0.05, 0.1) is 6.26 Å². The van der Waals surface area contributed by atoms with E-state index in [-0.39, 0.29) is 24.0 Å². The molecule has 1 heterocycles. The van der Waals surface area contributed by atoms with Gasteiger partial charge in [0.1, 0.15) is 12.3 Å². The summed E-state index contributed by atoms with van der Waals surface area (Å²) in [6.45, 7) is 3.56. The van der Waals surface area contributed by atoms with E-state index in [2.05, 4.69) is 22.5 Å². The lowest BCUT2D eigenvalue weighted by atomic mass is 10.2. The highest BCUT2D eigenvalue weighted by atomic mass is 127. The minimum absolute atomic E-state index is 0. The molecule has 2 N–H and O–H groups in total. The van der Waals surface area contributed by atoms with Gasteiger partial charge in [-0.25, -0.2) is 4.99 Å². The molecule has 5 heteroatoms. The Balaban J connectivity index is 0.00000162. The summed E-state index contributed by atoms with van der Waals surface area (Å²) in [4.78, 5) is 4.52. The molecule has 0 radical (unpaired) electrons. The molecule has 1 aromatic rings. The Hall–Kier alpha value is -0.720. The van der Waals surface area contributed by atoms with Crippen molar-refractivity contribution in [2.75, 3.05) is 6.54 Å².